The lowest BCUT2D eigenvalue weighted by molar-refractivity contribution is -0.146. The fourth-order valence-corrected chi connectivity index (χ4v) is 3.85. The summed E-state index contributed by atoms with van der Waals surface area (Å²) < 4.78 is 10.4. The van der Waals surface area contributed by atoms with E-state index >= 15 is 0 Å². The third kappa shape index (κ3) is 3.18. The molecule has 1 aromatic rings. The number of amides is 1. The third-order valence-corrected chi connectivity index (χ3v) is 5.08. The standard InChI is InChI=1S/C17H24N2O5/c1-23-15-11-24-13(9-14(15)21)10-18-6-4-17(12-18)3-2-5-19(7-8-20)16(17)22/h9,11,20H,2-8,10,12H2,1H3/t17-/m1/s1. The second-order valence-corrected chi connectivity index (χ2v) is 6.64. The largest absolute Gasteiger partial charge is 0.490 e. The first-order valence-corrected chi connectivity index (χ1v) is 8.36. The van der Waals surface area contributed by atoms with Crippen LogP contribution in [0.25, 0.3) is 0 Å². The summed E-state index contributed by atoms with van der Waals surface area (Å²) >= 11 is 0. The van der Waals surface area contributed by atoms with Crippen molar-refractivity contribution in [3.05, 3.63) is 28.3 Å². The van der Waals surface area contributed by atoms with Gasteiger partial charge in [0.1, 0.15) is 12.0 Å². The molecule has 2 fully saturated rings. The molecule has 2 aliphatic heterocycles. The monoisotopic (exact) mass is 336 g/mol. The van der Waals surface area contributed by atoms with Gasteiger partial charge in [0.25, 0.3) is 0 Å². The minimum atomic E-state index is -0.347. The molecular weight excluding hydrogens is 312 g/mol. The fraction of sp³-hybridized carbons (Fsp3) is 0.647. The van der Waals surface area contributed by atoms with Crippen LogP contribution in [0.2, 0.25) is 0 Å². The number of hydrogen-bond acceptors (Lipinski definition) is 6. The van der Waals surface area contributed by atoms with Crippen LogP contribution in [0, 0.1) is 5.41 Å². The van der Waals surface area contributed by atoms with Crippen LogP contribution in [0.4, 0.5) is 0 Å². The predicted octanol–water partition coefficient (Wildman–Crippen LogP) is 0.455. The van der Waals surface area contributed by atoms with Gasteiger partial charge in [0, 0.05) is 25.7 Å². The van der Waals surface area contributed by atoms with Gasteiger partial charge in [-0.05, 0) is 25.8 Å². The van der Waals surface area contributed by atoms with E-state index in [9.17, 15) is 9.59 Å². The number of aliphatic hydroxyl groups excluding tert-OH is 1. The number of ether oxygens (including phenoxy) is 1. The van der Waals surface area contributed by atoms with E-state index in [2.05, 4.69) is 4.90 Å². The van der Waals surface area contributed by atoms with Crippen LogP contribution in [0.5, 0.6) is 5.75 Å². The summed E-state index contributed by atoms with van der Waals surface area (Å²) in [6.45, 7) is 3.12. The minimum Gasteiger partial charge on any atom is -0.490 e. The lowest BCUT2D eigenvalue weighted by Crippen LogP contribution is -2.50. The molecule has 132 valence electrons. The fourth-order valence-electron chi connectivity index (χ4n) is 3.85. The van der Waals surface area contributed by atoms with Crippen molar-refractivity contribution in [2.24, 2.45) is 5.41 Å². The van der Waals surface area contributed by atoms with Crippen molar-refractivity contribution in [1.82, 2.24) is 9.80 Å². The number of methoxy groups -OCH3 is 1. The minimum absolute atomic E-state index is 0.00252. The van der Waals surface area contributed by atoms with Gasteiger partial charge in [0.15, 0.2) is 0 Å². The van der Waals surface area contributed by atoms with Crippen LogP contribution in [0.3, 0.4) is 0 Å². The Kier molecular flexibility index (Phi) is 4.91. The second kappa shape index (κ2) is 6.94. The Balaban J connectivity index is 1.67. The molecule has 2 saturated heterocycles. The third-order valence-electron chi connectivity index (χ3n) is 5.08. The maximum absolute atomic E-state index is 12.8. The Bertz CT molecular complexity index is 657. The zero-order valence-electron chi connectivity index (χ0n) is 14.0. The number of hydrogen-bond donors (Lipinski definition) is 1. The molecule has 0 saturated carbocycles. The molecule has 1 aromatic heterocycles. The lowest BCUT2D eigenvalue weighted by Gasteiger charge is -2.39. The number of rotatable bonds is 5. The van der Waals surface area contributed by atoms with Gasteiger partial charge in [0.2, 0.25) is 17.1 Å². The van der Waals surface area contributed by atoms with Crippen LogP contribution in [-0.2, 0) is 11.3 Å². The molecule has 0 bridgehead atoms. The quantitative estimate of drug-likeness (QED) is 0.841. The molecule has 7 heteroatoms. The molecule has 0 unspecified atom stereocenters. The average molecular weight is 336 g/mol. The molecule has 1 spiro atoms. The van der Waals surface area contributed by atoms with Gasteiger partial charge in [-0.1, -0.05) is 0 Å². The van der Waals surface area contributed by atoms with E-state index in [1.54, 1.807) is 4.90 Å². The zero-order valence-corrected chi connectivity index (χ0v) is 14.0. The summed E-state index contributed by atoms with van der Waals surface area (Å²) in [7, 11) is 1.43. The summed E-state index contributed by atoms with van der Waals surface area (Å²) in [5.74, 6) is 0.925. The molecule has 1 N–H and O–H groups in total. The molecule has 3 rings (SSSR count). The molecule has 2 aliphatic rings. The van der Waals surface area contributed by atoms with E-state index in [1.807, 2.05) is 0 Å². The number of β-amino-alcohol motifs (C(OH)–C–C–N with tert-alkyl or cyclic N) is 1. The smallest absolute Gasteiger partial charge is 0.230 e. The number of aliphatic hydroxyl groups is 1. The first-order chi connectivity index (χ1) is 11.6. The summed E-state index contributed by atoms with van der Waals surface area (Å²) in [4.78, 5) is 28.5. The number of nitrogens with zero attached hydrogens (tertiary/aromatic N) is 2. The molecule has 1 amide bonds. The molecule has 0 aliphatic carbocycles. The van der Waals surface area contributed by atoms with Crippen molar-refractivity contribution in [2.45, 2.75) is 25.8 Å². The Morgan fingerprint density at radius 3 is 2.88 bits per heavy atom. The molecule has 0 aromatic carbocycles. The number of carbonyl (C=O) groups is 1. The molecule has 0 radical (unpaired) electrons. The van der Waals surface area contributed by atoms with E-state index < -0.39 is 0 Å². The van der Waals surface area contributed by atoms with E-state index in [4.69, 9.17) is 14.3 Å². The molecule has 24 heavy (non-hydrogen) atoms. The Labute approximate surface area is 140 Å². The van der Waals surface area contributed by atoms with E-state index in [-0.39, 0.29) is 29.1 Å². The van der Waals surface area contributed by atoms with Gasteiger partial charge in [-0.3, -0.25) is 14.5 Å². The normalized spacial score (nSPS) is 24.8. The highest BCUT2D eigenvalue weighted by Crippen LogP contribution is 2.40. The molecule has 3 heterocycles. The predicted molar refractivity (Wildman–Crippen MR) is 86.8 cm³/mol. The van der Waals surface area contributed by atoms with Crippen molar-refractivity contribution < 1.29 is 19.1 Å². The Hall–Kier alpha value is -1.86. The van der Waals surface area contributed by atoms with Crippen molar-refractivity contribution >= 4 is 5.91 Å². The van der Waals surface area contributed by atoms with Crippen molar-refractivity contribution in [2.75, 3.05) is 39.9 Å². The molecule has 1 atom stereocenters. The number of carbonyl (C=O) groups excluding carboxylic acids is 1. The van der Waals surface area contributed by atoms with Crippen molar-refractivity contribution in [3.63, 3.8) is 0 Å². The van der Waals surface area contributed by atoms with Crippen molar-refractivity contribution in [1.29, 1.82) is 0 Å². The summed E-state index contributed by atoms with van der Waals surface area (Å²) in [6, 6.07) is 1.45. The Morgan fingerprint density at radius 1 is 1.33 bits per heavy atom. The van der Waals surface area contributed by atoms with Crippen LogP contribution in [-0.4, -0.2) is 60.7 Å². The highest BCUT2D eigenvalue weighted by Gasteiger charge is 2.48. The second-order valence-electron chi connectivity index (χ2n) is 6.64. The Morgan fingerprint density at radius 2 is 2.17 bits per heavy atom. The first-order valence-electron chi connectivity index (χ1n) is 8.36. The molecule has 7 nitrogen and oxygen atoms in total. The van der Waals surface area contributed by atoms with Crippen LogP contribution in [0.1, 0.15) is 25.0 Å². The maximum atomic E-state index is 12.8. The highest BCUT2D eigenvalue weighted by atomic mass is 16.5. The summed E-state index contributed by atoms with van der Waals surface area (Å²) in [5.41, 5.74) is -0.546. The van der Waals surface area contributed by atoms with Crippen LogP contribution >= 0.6 is 0 Å². The number of piperidine rings is 1. The van der Waals surface area contributed by atoms with Gasteiger partial charge in [-0.15, -0.1) is 0 Å². The zero-order chi connectivity index (χ0) is 17.2. The van der Waals surface area contributed by atoms with Crippen LogP contribution in [0.15, 0.2) is 21.5 Å². The summed E-state index contributed by atoms with van der Waals surface area (Å²) in [5, 5.41) is 9.13. The van der Waals surface area contributed by atoms with E-state index in [1.165, 1.54) is 19.4 Å². The summed E-state index contributed by atoms with van der Waals surface area (Å²) in [6.07, 6.45) is 4.00. The van der Waals surface area contributed by atoms with E-state index in [0.29, 0.717) is 25.4 Å². The van der Waals surface area contributed by atoms with Gasteiger partial charge in [0.05, 0.1) is 25.7 Å². The van der Waals surface area contributed by atoms with Gasteiger partial charge < -0.3 is 19.2 Å². The van der Waals surface area contributed by atoms with Crippen LogP contribution < -0.4 is 10.2 Å². The number of likely N-dealkylation sites (tertiary alicyclic amines) is 2. The highest BCUT2D eigenvalue weighted by molar-refractivity contribution is 5.84. The topological polar surface area (TPSA) is 83.2 Å². The van der Waals surface area contributed by atoms with Crippen molar-refractivity contribution in [3.8, 4) is 5.75 Å². The van der Waals surface area contributed by atoms with Gasteiger partial charge >= 0.3 is 0 Å². The lowest BCUT2D eigenvalue weighted by atomic mass is 9.78. The van der Waals surface area contributed by atoms with E-state index in [0.717, 1.165) is 32.4 Å². The van der Waals surface area contributed by atoms with Gasteiger partial charge in [-0.2, -0.15) is 0 Å². The first kappa shape index (κ1) is 17.0. The average Bonchev–Trinajstić information content (AvgIpc) is 2.96. The van der Waals surface area contributed by atoms with Gasteiger partial charge in [-0.25, -0.2) is 0 Å². The maximum Gasteiger partial charge on any atom is 0.230 e. The SMILES string of the molecule is COc1coc(CN2CC[C@]3(CCCN(CCO)C3=O)C2)cc1=O. The molecular formula is C17H24N2O5.